The minimum Gasteiger partial charge on any atom is -0.454 e. The fourth-order valence-corrected chi connectivity index (χ4v) is 4.86. The average molecular weight is 440 g/mol. The Hall–Kier alpha value is -4.04. The monoisotopic (exact) mass is 440 g/mol. The maximum atomic E-state index is 13.8. The summed E-state index contributed by atoms with van der Waals surface area (Å²) in [6.07, 6.45) is 0. The van der Waals surface area contributed by atoms with Crippen LogP contribution in [0.3, 0.4) is 0 Å². The minimum absolute atomic E-state index is 0.219. The molecule has 0 fully saturated rings. The van der Waals surface area contributed by atoms with Gasteiger partial charge in [0.2, 0.25) is 11.3 Å². The molecule has 0 saturated heterocycles. The third kappa shape index (κ3) is 2.44. The number of benzene rings is 3. The van der Waals surface area contributed by atoms with Gasteiger partial charge in [0.1, 0.15) is 11.3 Å². The fourth-order valence-electron chi connectivity index (χ4n) is 4.86. The zero-order valence-corrected chi connectivity index (χ0v) is 17.9. The molecule has 6 rings (SSSR count). The Balaban J connectivity index is 1.53. The van der Waals surface area contributed by atoms with E-state index in [9.17, 15) is 14.7 Å². The van der Waals surface area contributed by atoms with Crippen molar-refractivity contribution in [3.05, 3.63) is 88.5 Å². The van der Waals surface area contributed by atoms with Crippen molar-refractivity contribution in [1.82, 2.24) is 20.7 Å². The summed E-state index contributed by atoms with van der Waals surface area (Å²) in [5.74, 6) is -2.45. The predicted octanol–water partition coefficient (Wildman–Crippen LogP) is 3.14. The summed E-state index contributed by atoms with van der Waals surface area (Å²) in [5.41, 5.74) is 1.71. The summed E-state index contributed by atoms with van der Waals surface area (Å²) in [6, 6.07) is 17.1. The number of carbonyl (C=O) groups is 2. The van der Waals surface area contributed by atoms with Crippen LogP contribution in [0.1, 0.15) is 57.2 Å². The van der Waals surface area contributed by atoms with Crippen molar-refractivity contribution in [2.45, 2.75) is 31.1 Å². The van der Waals surface area contributed by atoms with Gasteiger partial charge < -0.3 is 15.2 Å². The SMILES string of the molecule is CC(C)c1ccc2c(c1)OC1(O)c3ccccc3C(=O)C21NC(=O)c1ccc2[nH]nnc2c1. The molecule has 33 heavy (non-hydrogen) atoms. The van der Waals surface area contributed by atoms with E-state index in [1.807, 2.05) is 26.0 Å². The van der Waals surface area contributed by atoms with E-state index >= 15 is 0 Å². The topological polar surface area (TPSA) is 117 Å². The first kappa shape index (κ1) is 19.6. The average Bonchev–Trinajstić information content (AvgIpc) is 3.43. The maximum Gasteiger partial charge on any atom is 0.271 e. The molecule has 0 radical (unpaired) electrons. The highest BCUT2D eigenvalue weighted by Crippen LogP contribution is 2.58. The Kier molecular flexibility index (Phi) is 3.86. The van der Waals surface area contributed by atoms with Crippen molar-refractivity contribution < 1.29 is 19.4 Å². The second kappa shape index (κ2) is 6.49. The van der Waals surface area contributed by atoms with Crippen LogP contribution in [0.4, 0.5) is 0 Å². The molecule has 1 aliphatic heterocycles. The van der Waals surface area contributed by atoms with Crippen molar-refractivity contribution in [2.75, 3.05) is 0 Å². The highest BCUT2D eigenvalue weighted by molar-refractivity contribution is 6.13. The molecule has 1 aliphatic carbocycles. The summed E-state index contributed by atoms with van der Waals surface area (Å²) < 4.78 is 6.10. The van der Waals surface area contributed by atoms with Gasteiger partial charge in [-0.2, -0.15) is 0 Å². The quantitative estimate of drug-likeness (QED) is 0.451. The second-order valence-corrected chi connectivity index (χ2v) is 8.78. The number of H-pyrrole nitrogens is 1. The van der Waals surface area contributed by atoms with Gasteiger partial charge in [-0.25, -0.2) is 0 Å². The Morgan fingerprint density at radius 1 is 1.09 bits per heavy atom. The Bertz CT molecular complexity index is 1480. The molecular weight excluding hydrogens is 420 g/mol. The third-order valence-electron chi connectivity index (χ3n) is 6.61. The zero-order chi connectivity index (χ0) is 23.0. The van der Waals surface area contributed by atoms with Gasteiger partial charge in [0.25, 0.3) is 11.7 Å². The van der Waals surface area contributed by atoms with E-state index < -0.39 is 23.0 Å². The number of amides is 1. The normalized spacial score (nSPS) is 22.7. The van der Waals surface area contributed by atoms with Crippen LogP contribution < -0.4 is 10.1 Å². The Labute approximate surface area is 188 Å². The number of aromatic nitrogens is 3. The van der Waals surface area contributed by atoms with Crippen molar-refractivity contribution in [2.24, 2.45) is 0 Å². The highest BCUT2D eigenvalue weighted by atomic mass is 16.6. The molecule has 4 aromatic rings. The van der Waals surface area contributed by atoms with Gasteiger partial charge in [-0.3, -0.25) is 14.7 Å². The molecule has 8 nitrogen and oxygen atoms in total. The number of nitrogens with one attached hydrogen (secondary N) is 2. The molecule has 2 atom stereocenters. The molecule has 2 unspecified atom stereocenters. The number of ether oxygens (including phenoxy) is 1. The molecule has 0 saturated carbocycles. The van der Waals surface area contributed by atoms with E-state index in [0.717, 1.165) is 5.56 Å². The molecule has 1 aromatic heterocycles. The lowest BCUT2D eigenvalue weighted by atomic mass is 9.82. The van der Waals surface area contributed by atoms with Gasteiger partial charge >= 0.3 is 0 Å². The van der Waals surface area contributed by atoms with E-state index in [1.165, 1.54) is 0 Å². The van der Waals surface area contributed by atoms with Crippen molar-refractivity contribution >= 4 is 22.7 Å². The number of fused-ring (bicyclic) bond motifs is 6. The van der Waals surface area contributed by atoms with Gasteiger partial charge in [0.15, 0.2) is 0 Å². The molecule has 2 aliphatic rings. The molecule has 1 amide bonds. The van der Waals surface area contributed by atoms with Crippen LogP contribution in [0.15, 0.2) is 60.7 Å². The maximum absolute atomic E-state index is 13.8. The van der Waals surface area contributed by atoms with Crippen molar-refractivity contribution in [1.29, 1.82) is 0 Å². The lowest BCUT2D eigenvalue weighted by Crippen LogP contribution is -2.60. The number of nitrogens with zero attached hydrogens (tertiary/aromatic N) is 2. The molecule has 0 spiro atoms. The molecule has 0 bridgehead atoms. The van der Waals surface area contributed by atoms with Gasteiger partial charge in [-0.15, -0.1) is 5.10 Å². The van der Waals surface area contributed by atoms with Crippen LogP contribution in [0.5, 0.6) is 5.75 Å². The van der Waals surface area contributed by atoms with E-state index in [0.29, 0.717) is 33.5 Å². The first-order valence-corrected chi connectivity index (χ1v) is 10.7. The van der Waals surface area contributed by atoms with Crippen LogP contribution in [0, 0.1) is 0 Å². The van der Waals surface area contributed by atoms with Crippen molar-refractivity contribution in [3.8, 4) is 5.75 Å². The van der Waals surface area contributed by atoms with Gasteiger partial charge in [0.05, 0.1) is 5.52 Å². The molecular formula is C25H20N4O4. The number of hydrogen-bond acceptors (Lipinski definition) is 6. The Morgan fingerprint density at radius 3 is 2.73 bits per heavy atom. The lowest BCUT2D eigenvalue weighted by Gasteiger charge is -2.34. The number of ketones is 1. The fraction of sp³-hybridized carbons (Fsp3) is 0.200. The first-order chi connectivity index (χ1) is 15.8. The predicted molar refractivity (Wildman–Crippen MR) is 119 cm³/mol. The standard InChI is InChI=1S/C25H20N4O4/c1-13(2)14-7-9-18-21(12-14)33-25(32)17-6-4-3-5-16(17)22(30)24(18,25)26-23(31)15-8-10-19-20(11-15)28-29-27-19/h3-13,32H,1-2H3,(H,26,31)(H,27,28,29). The molecule has 8 heteroatoms. The van der Waals surface area contributed by atoms with E-state index in [4.69, 9.17) is 4.74 Å². The molecule has 3 aromatic carbocycles. The minimum atomic E-state index is -2.08. The number of rotatable bonds is 3. The summed E-state index contributed by atoms with van der Waals surface area (Å²) in [4.78, 5) is 27.3. The second-order valence-electron chi connectivity index (χ2n) is 8.78. The summed E-state index contributed by atoms with van der Waals surface area (Å²) in [5, 5.41) is 25.2. The number of carbonyl (C=O) groups excluding carboxylic acids is 2. The van der Waals surface area contributed by atoms with Crippen LogP contribution in [0.25, 0.3) is 11.0 Å². The van der Waals surface area contributed by atoms with Crippen LogP contribution in [-0.4, -0.2) is 32.2 Å². The molecule has 2 heterocycles. The number of hydrogen-bond donors (Lipinski definition) is 3. The number of aliphatic hydroxyl groups is 1. The summed E-state index contributed by atoms with van der Waals surface area (Å²) in [6.45, 7) is 4.09. The van der Waals surface area contributed by atoms with E-state index in [1.54, 1.807) is 48.5 Å². The van der Waals surface area contributed by atoms with Crippen LogP contribution >= 0.6 is 0 Å². The number of Topliss-reactive ketones (excluding diaryl/α,β-unsaturated/α-hetero) is 1. The van der Waals surface area contributed by atoms with Gasteiger partial charge in [0, 0.05) is 22.3 Å². The highest BCUT2D eigenvalue weighted by Gasteiger charge is 2.71. The smallest absolute Gasteiger partial charge is 0.271 e. The van der Waals surface area contributed by atoms with Crippen LogP contribution in [0.2, 0.25) is 0 Å². The largest absolute Gasteiger partial charge is 0.454 e. The van der Waals surface area contributed by atoms with E-state index in [2.05, 4.69) is 20.7 Å². The third-order valence-corrected chi connectivity index (χ3v) is 6.61. The Morgan fingerprint density at radius 2 is 1.91 bits per heavy atom. The van der Waals surface area contributed by atoms with Crippen LogP contribution in [-0.2, 0) is 11.3 Å². The zero-order valence-electron chi connectivity index (χ0n) is 17.9. The lowest BCUT2D eigenvalue weighted by molar-refractivity contribution is -0.169. The summed E-state index contributed by atoms with van der Waals surface area (Å²) in [7, 11) is 0. The molecule has 3 N–H and O–H groups in total. The number of aromatic amines is 1. The van der Waals surface area contributed by atoms with E-state index in [-0.39, 0.29) is 11.5 Å². The first-order valence-electron chi connectivity index (χ1n) is 10.7. The van der Waals surface area contributed by atoms with Crippen molar-refractivity contribution in [3.63, 3.8) is 0 Å². The van der Waals surface area contributed by atoms with Gasteiger partial charge in [-0.1, -0.05) is 55.5 Å². The van der Waals surface area contributed by atoms with Gasteiger partial charge in [-0.05, 0) is 35.7 Å². The molecule has 164 valence electrons. The summed E-state index contributed by atoms with van der Waals surface area (Å²) >= 11 is 0.